The highest BCUT2D eigenvalue weighted by molar-refractivity contribution is 7.80. The molecule has 7 nitrogen and oxygen atoms in total. The number of amides is 2. The summed E-state index contributed by atoms with van der Waals surface area (Å²) >= 11 is 5.15. The van der Waals surface area contributed by atoms with E-state index in [-0.39, 0.29) is 22.2 Å². The predicted octanol–water partition coefficient (Wildman–Crippen LogP) is 2.24. The second kappa shape index (κ2) is 7.46. The van der Waals surface area contributed by atoms with Crippen LogP contribution in [-0.2, 0) is 9.59 Å². The Morgan fingerprint density at radius 2 is 1.78 bits per heavy atom. The lowest BCUT2D eigenvalue weighted by atomic mass is 10.1. The van der Waals surface area contributed by atoms with Crippen LogP contribution in [0.1, 0.15) is 5.56 Å². The van der Waals surface area contributed by atoms with Gasteiger partial charge in [-0.05, 0) is 60.3 Å². The van der Waals surface area contributed by atoms with Crippen LogP contribution in [0.2, 0.25) is 0 Å². The van der Waals surface area contributed by atoms with Crippen molar-refractivity contribution in [2.75, 3.05) is 19.1 Å². The molecule has 8 heteroatoms. The summed E-state index contributed by atoms with van der Waals surface area (Å²) in [6.07, 6.45) is 1.38. The number of methoxy groups -OCH3 is 2. The number of phenolic OH excluding ortho intramolecular Hbond substituents is 1. The fraction of sp³-hybridized carbons (Fsp3) is 0.105. The maximum atomic E-state index is 12.9. The number of nitrogens with one attached hydrogen (secondary N) is 1. The van der Waals surface area contributed by atoms with Crippen molar-refractivity contribution in [3.63, 3.8) is 0 Å². The fourth-order valence-corrected chi connectivity index (χ4v) is 2.87. The van der Waals surface area contributed by atoms with Crippen molar-refractivity contribution >= 4 is 40.9 Å². The van der Waals surface area contributed by atoms with Crippen molar-refractivity contribution in [2.24, 2.45) is 0 Å². The molecular weight excluding hydrogens is 368 g/mol. The molecular formula is C19H16N2O5S. The number of nitrogens with zero attached hydrogens (tertiary/aromatic N) is 1. The topological polar surface area (TPSA) is 88.1 Å². The number of carbonyl (C=O) groups is 2. The van der Waals surface area contributed by atoms with Crippen LogP contribution in [0.4, 0.5) is 5.69 Å². The maximum absolute atomic E-state index is 12.9. The van der Waals surface area contributed by atoms with Gasteiger partial charge in [-0.2, -0.15) is 0 Å². The lowest BCUT2D eigenvalue weighted by Crippen LogP contribution is -2.54. The van der Waals surface area contributed by atoms with Crippen molar-refractivity contribution in [3.8, 4) is 17.2 Å². The molecule has 1 aliphatic heterocycles. The van der Waals surface area contributed by atoms with Gasteiger partial charge in [0.15, 0.2) is 16.6 Å². The van der Waals surface area contributed by atoms with Crippen LogP contribution in [0.5, 0.6) is 17.2 Å². The van der Waals surface area contributed by atoms with Gasteiger partial charge in [-0.25, -0.2) is 0 Å². The van der Waals surface area contributed by atoms with E-state index in [0.29, 0.717) is 17.0 Å². The summed E-state index contributed by atoms with van der Waals surface area (Å²) in [6, 6.07) is 11.3. The highest BCUT2D eigenvalue weighted by atomic mass is 32.1. The number of aromatic hydroxyl groups is 1. The Kier molecular flexibility index (Phi) is 5.09. The smallest absolute Gasteiger partial charge is 0.270 e. The van der Waals surface area contributed by atoms with Gasteiger partial charge >= 0.3 is 0 Å². The highest BCUT2D eigenvalue weighted by Crippen LogP contribution is 2.28. The summed E-state index contributed by atoms with van der Waals surface area (Å²) in [6.45, 7) is 0. The molecule has 1 heterocycles. The van der Waals surface area contributed by atoms with Crippen LogP contribution in [0.3, 0.4) is 0 Å². The van der Waals surface area contributed by atoms with Gasteiger partial charge < -0.3 is 14.6 Å². The van der Waals surface area contributed by atoms with Gasteiger partial charge in [-0.15, -0.1) is 0 Å². The number of carbonyl (C=O) groups excluding carboxylic acids is 2. The molecule has 138 valence electrons. The van der Waals surface area contributed by atoms with Gasteiger partial charge in [-0.3, -0.25) is 19.8 Å². The molecule has 0 spiro atoms. The number of hydrogen-bond donors (Lipinski definition) is 2. The summed E-state index contributed by atoms with van der Waals surface area (Å²) in [4.78, 5) is 26.4. The van der Waals surface area contributed by atoms with Crippen molar-refractivity contribution < 1.29 is 24.2 Å². The van der Waals surface area contributed by atoms with Crippen molar-refractivity contribution in [2.45, 2.75) is 0 Å². The number of ether oxygens (including phenoxy) is 2. The Morgan fingerprint density at radius 3 is 2.37 bits per heavy atom. The largest absolute Gasteiger partial charge is 0.504 e. The minimum Gasteiger partial charge on any atom is -0.504 e. The van der Waals surface area contributed by atoms with Crippen LogP contribution in [0.25, 0.3) is 6.08 Å². The molecule has 1 aliphatic rings. The second-order valence-electron chi connectivity index (χ2n) is 5.59. The summed E-state index contributed by atoms with van der Waals surface area (Å²) in [5, 5.41) is 12.4. The Morgan fingerprint density at radius 1 is 1.07 bits per heavy atom. The minimum atomic E-state index is -0.606. The summed E-state index contributed by atoms with van der Waals surface area (Å²) < 4.78 is 10.1. The lowest BCUT2D eigenvalue weighted by Gasteiger charge is -2.29. The van der Waals surface area contributed by atoms with E-state index in [1.807, 2.05) is 0 Å². The first-order valence-electron chi connectivity index (χ1n) is 7.87. The minimum absolute atomic E-state index is 0.00936. The van der Waals surface area contributed by atoms with Gasteiger partial charge in [-0.1, -0.05) is 6.07 Å². The molecule has 2 aromatic rings. The molecule has 2 amide bonds. The third kappa shape index (κ3) is 3.61. The van der Waals surface area contributed by atoms with E-state index in [1.165, 1.54) is 31.3 Å². The van der Waals surface area contributed by atoms with Gasteiger partial charge in [0.2, 0.25) is 0 Å². The van der Waals surface area contributed by atoms with Gasteiger partial charge in [0.25, 0.3) is 11.8 Å². The average Bonchev–Trinajstić information content (AvgIpc) is 2.65. The van der Waals surface area contributed by atoms with Crippen molar-refractivity contribution in [1.29, 1.82) is 0 Å². The lowest BCUT2D eigenvalue weighted by molar-refractivity contribution is -0.122. The zero-order valence-corrected chi connectivity index (χ0v) is 15.4. The van der Waals surface area contributed by atoms with Gasteiger partial charge in [0.1, 0.15) is 11.3 Å². The highest BCUT2D eigenvalue weighted by Gasteiger charge is 2.34. The Bertz CT molecular complexity index is 953. The van der Waals surface area contributed by atoms with Crippen LogP contribution in [0, 0.1) is 0 Å². The van der Waals surface area contributed by atoms with E-state index in [9.17, 15) is 14.7 Å². The molecule has 2 N–H and O–H groups in total. The second-order valence-corrected chi connectivity index (χ2v) is 5.97. The maximum Gasteiger partial charge on any atom is 0.270 e. The molecule has 0 aliphatic carbocycles. The van der Waals surface area contributed by atoms with Crippen LogP contribution in [0.15, 0.2) is 48.0 Å². The van der Waals surface area contributed by atoms with E-state index >= 15 is 0 Å². The van der Waals surface area contributed by atoms with Gasteiger partial charge in [0.05, 0.1) is 19.9 Å². The number of rotatable bonds is 4. The fourth-order valence-electron chi connectivity index (χ4n) is 2.59. The normalized spacial score (nSPS) is 15.7. The molecule has 2 aromatic carbocycles. The van der Waals surface area contributed by atoms with E-state index in [4.69, 9.17) is 21.7 Å². The number of phenols is 1. The summed E-state index contributed by atoms with van der Waals surface area (Å²) in [5.41, 5.74) is 0.854. The molecule has 1 saturated heterocycles. The molecule has 3 rings (SSSR count). The molecule has 0 bridgehead atoms. The average molecular weight is 384 g/mol. The van der Waals surface area contributed by atoms with Crippen LogP contribution < -0.4 is 19.7 Å². The molecule has 27 heavy (non-hydrogen) atoms. The Balaban J connectivity index is 1.97. The predicted molar refractivity (Wildman–Crippen MR) is 104 cm³/mol. The first-order valence-corrected chi connectivity index (χ1v) is 8.28. The number of anilines is 1. The summed E-state index contributed by atoms with van der Waals surface area (Å²) in [7, 11) is 2.97. The zero-order chi connectivity index (χ0) is 19.6. The first kappa shape index (κ1) is 18.4. The Labute approximate surface area is 160 Å². The van der Waals surface area contributed by atoms with E-state index in [1.54, 1.807) is 36.4 Å². The summed E-state index contributed by atoms with van der Waals surface area (Å²) in [5.74, 6) is -0.354. The quantitative estimate of drug-likeness (QED) is 0.478. The molecule has 0 saturated carbocycles. The first-order chi connectivity index (χ1) is 12.9. The molecule has 0 atom stereocenters. The SMILES string of the molecule is COc1ccc(N2C(=O)/C(=C/c3ccc(OC)c(O)c3)C(=O)NC2=S)cc1. The van der Waals surface area contributed by atoms with Crippen LogP contribution in [-0.4, -0.2) is 36.3 Å². The van der Waals surface area contributed by atoms with E-state index in [0.717, 1.165) is 0 Å². The van der Waals surface area contributed by atoms with E-state index < -0.39 is 11.8 Å². The third-order valence-electron chi connectivity index (χ3n) is 3.95. The third-order valence-corrected chi connectivity index (χ3v) is 4.23. The molecule has 0 radical (unpaired) electrons. The number of benzene rings is 2. The number of thiocarbonyl (C=S) groups is 1. The zero-order valence-electron chi connectivity index (χ0n) is 14.6. The standard InChI is InChI=1S/C19H16N2O5S/c1-25-13-6-4-12(5-7-13)21-18(24)14(17(23)20-19(21)27)9-11-3-8-16(26-2)15(22)10-11/h3-10,22H,1-2H3,(H,20,23,27)/b14-9+. The monoisotopic (exact) mass is 384 g/mol. The van der Waals surface area contributed by atoms with E-state index in [2.05, 4.69) is 5.32 Å². The van der Waals surface area contributed by atoms with Crippen molar-refractivity contribution in [1.82, 2.24) is 5.32 Å². The molecule has 1 fully saturated rings. The van der Waals surface area contributed by atoms with Crippen LogP contribution >= 0.6 is 12.2 Å². The van der Waals surface area contributed by atoms with Gasteiger partial charge in [0, 0.05) is 0 Å². The number of hydrogen-bond acceptors (Lipinski definition) is 6. The van der Waals surface area contributed by atoms with Crippen molar-refractivity contribution in [3.05, 3.63) is 53.6 Å². The molecule has 0 unspecified atom stereocenters. The Hall–Kier alpha value is -3.39. The molecule has 0 aromatic heterocycles.